The van der Waals surface area contributed by atoms with Crippen molar-refractivity contribution >= 4 is 19.5 Å². The number of aromatic nitrogens is 2. The van der Waals surface area contributed by atoms with E-state index in [4.69, 9.17) is 4.74 Å². The summed E-state index contributed by atoms with van der Waals surface area (Å²) in [6.45, 7) is 5.82. The average molecular weight is 303 g/mol. The third-order valence-electron chi connectivity index (χ3n) is 3.15. The summed E-state index contributed by atoms with van der Waals surface area (Å²) < 4.78 is 45.2. The summed E-state index contributed by atoms with van der Waals surface area (Å²) in [5, 5.41) is 0. The predicted molar refractivity (Wildman–Crippen MR) is 72.1 cm³/mol. The van der Waals surface area contributed by atoms with Crippen LogP contribution in [-0.2, 0) is 24.0 Å². The van der Waals surface area contributed by atoms with Crippen molar-refractivity contribution < 1.29 is 22.7 Å². The minimum absolute atomic E-state index is 0.0197. The second-order valence-corrected chi connectivity index (χ2v) is 6.01. The molecule has 0 unspecified atom stereocenters. The number of nitrogens with zero attached hydrogens (tertiary/aromatic N) is 3. The highest BCUT2D eigenvalue weighted by Gasteiger charge is 2.38. The molecular weight excluding hydrogens is 286 g/mol. The lowest BCUT2D eigenvalue weighted by atomic mass is 10.0. The van der Waals surface area contributed by atoms with Crippen molar-refractivity contribution in [3.8, 4) is 0 Å². The molecule has 0 spiro atoms. The SMILES string of the molecule is Bc1c(C(F)(F)F)nc2n1CCN(C(=O)OC(C)(C)C)C2. The van der Waals surface area contributed by atoms with Gasteiger partial charge in [0.05, 0.1) is 6.54 Å². The summed E-state index contributed by atoms with van der Waals surface area (Å²) in [7, 11) is 1.39. The minimum Gasteiger partial charge on any atom is -0.444 e. The van der Waals surface area contributed by atoms with Gasteiger partial charge < -0.3 is 9.30 Å². The normalized spacial score (nSPS) is 15.8. The number of carbonyl (C=O) groups excluding carboxylic acids is 1. The Morgan fingerprint density at radius 3 is 2.43 bits per heavy atom. The van der Waals surface area contributed by atoms with Gasteiger partial charge in [0.1, 0.15) is 11.4 Å². The van der Waals surface area contributed by atoms with Crippen LogP contribution in [0.1, 0.15) is 32.3 Å². The third-order valence-corrected chi connectivity index (χ3v) is 3.15. The number of hydrogen-bond acceptors (Lipinski definition) is 3. The lowest BCUT2D eigenvalue weighted by Crippen LogP contribution is -2.43. The maximum atomic E-state index is 12.8. The van der Waals surface area contributed by atoms with Crippen LogP contribution in [0.2, 0.25) is 0 Å². The van der Waals surface area contributed by atoms with Crippen LogP contribution in [0.25, 0.3) is 0 Å². The summed E-state index contributed by atoms with van der Waals surface area (Å²) in [5.41, 5.74) is -1.44. The summed E-state index contributed by atoms with van der Waals surface area (Å²) in [6.07, 6.45) is -5.02. The Labute approximate surface area is 121 Å². The molecule has 1 aromatic rings. The van der Waals surface area contributed by atoms with Gasteiger partial charge in [0, 0.05) is 18.7 Å². The fraction of sp³-hybridized carbons (Fsp3) is 0.667. The highest BCUT2D eigenvalue weighted by molar-refractivity contribution is 6.32. The molecule has 0 atom stereocenters. The molecule has 2 heterocycles. The second kappa shape index (κ2) is 4.96. The van der Waals surface area contributed by atoms with E-state index in [0.29, 0.717) is 6.54 Å². The van der Waals surface area contributed by atoms with E-state index >= 15 is 0 Å². The summed E-state index contributed by atoms with van der Waals surface area (Å²) in [6, 6.07) is 0. The van der Waals surface area contributed by atoms with Gasteiger partial charge in [0.15, 0.2) is 13.5 Å². The highest BCUT2D eigenvalue weighted by atomic mass is 19.4. The summed E-state index contributed by atoms with van der Waals surface area (Å²) in [5.74, 6) is 0.233. The molecule has 21 heavy (non-hydrogen) atoms. The largest absolute Gasteiger partial charge is 0.444 e. The van der Waals surface area contributed by atoms with Gasteiger partial charge in [-0.15, -0.1) is 0 Å². The number of halogens is 3. The van der Waals surface area contributed by atoms with Crippen molar-refractivity contribution in [3.63, 3.8) is 0 Å². The number of rotatable bonds is 0. The van der Waals surface area contributed by atoms with Crippen LogP contribution in [0.15, 0.2) is 0 Å². The maximum Gasteiger partial charge on any atom is 0.434 e. The Morgan fingerprint density at radius 2 is 1.90 bits per heavy atom. The van der Waals surface area contributed by atoms with Crippen molar-refractivity contribution in [2.45, 2.75) is 45.6 Å². The Balaban J connectivity index is 2.20. The quantitative estimate of drug-likeness (QED) is 0.669. The van der Waals surface area contributed by atoms with Gasteiger partial charge in [-0.05, 0) is 20.8 Å². The van der Waals surface area contributed by atoms with Crippen LogP contribution in [0.3, 0.4) is 0 Å². The summed E-state index contributed by atoms with van der Waals surface area (Å²) >= 11 is 0. The lowest BCUT2D eigenvalue weighted by molar-refractivity contribution is -0.140. The van der Waals surface area contributed by atoms with Crippen molar-refractivity contribution in [2.24, 2.45) is 0 Å². The molecule has 116 valence electrons. The molecule has 0 saturated heterocycles. The van der Waals surface area contributed by atoms with E-state index < -0.39 is 23.6 Å². The first-order valence-electron chi connectivity index (χ1n) is 6.60. The maximum absolute atomic E-state index is 12.8. The topological polar surface area (TPSA) is 47.4 Å². The van der Waals surface area contributed by atoms with Gasteiger partial charge >= 0.3 is 12.3 Å². The standard InChI is InChI=1S/C12H17BF3N3O2/c1-11(2,3)21-10(20)18-4-5-19-7(6-18)17-8(9(19)13)12(14,15)16/h4-6,13H2,1-3H3. The third kappa shape index (κ3) is 3.33. The van der Waals surface area contributed by atoms with Gasteiger partial charge in [-0.3, -0.25) is 4.90 Å². The molecule has 5 nitrogen and oxygen atoms in total. The zero-order chi connectivity index (χ0) is 16.0. The number of alkyl halides is 3. The lowest BCUT2D eigenvalue weighted by Gasteiger charge is -2.30. The Morgan fingerprint density at radius 1 is 1.29 bits per heavy atom. The number of fused-ring (bicyclic) bond motifs is 1. The van der Waals surface area contributed by atoms with Gasteiger partial charge in [0.2, 0.25) is 0 Å². The number of ether oxygens (including phenoxy) is 1. The molecule has 0 saturated carbocycles. The molecule has 0 aromatic carbocycles. The van der Waals surface area contributed by atoms with Crippen LogP contribution >= 0.6 is 0 Å². The van der Waals surface area contributed by atoms with Gasteiger partial charge in [0.25, 0.3) is 0 Å². The van der Waals surface area contributed by atoms with Gasteiger partial charge in [-0.25, -0.2) is 9.78 Å². The van der Waals surface area contributed by atoms with Crippen LogP contribution in [0.4, 0.5) is 18.0 Å². The second-order valence-electron chi connectivity index (χ2n) is 6.01. The van der Waals surface area contributed by atoms with E-state index in [0.717, 1.165) is 0 Å². The van der Waals surface area contributed by atoms with E-state index in [-0.39, 0.29) is 24.5 Å². The first kappa shape index (κ1) is 15.7. The van der Waals surface area contributed by atoms with Crippen LogP contribution < -0.4 is 5.59 Å². The van der Waals surface area contributed by atoms with E-state index in [9.17, 15) is 18.0 Å². The highest BCUT2D eigenvalue weighted by Crippen LogP contribution is 2.28. The van der Waals surface area contributed by atoms with E-state index in [1.165, 1.54) is 17.3 Å². The van der Waals surface area contributed by atoms with Gasteiger partial charge in [-0.1, -0.05) is 0 Å². The fourth-order valence-corrected chi connectivity index (χ4v) is 2.23. The molecule has 1 aliphatic heterocycles. The molecule has 9 heteroatoms. The van der Waals surface area contributed by atoms with Crippen LogP contribution in [0, 0.1) is 0 Å². The zero-order valence-corrected chi connectivity index (χ0v) is 12.4. The molecule has 1 aliphatic rings. The van der Waals surface area contributed by atoms with Crippen LogP contribution in [-0.4, -0.2) is 40.5 Å². The van der Waals surface area contributed by atoms with E-state index in [1.54, 1.807) is 20.8 Å². The predicted octanol–water partition coefficient (Wildman–Crippen LogP) is 0.911. The Bertz CT molecular complexity index is 563. The van der Waals surface area contributed by atoms with E-state index in [2.05, 4.69) is 4.98 Å². The molecule has 0 N–H and O–H groups in total. The smallest absolute Gasteiger partial charge is 0.434 e. The van der Waals surface area contributed by atoms with E-state index in [1.807, 2.05) is 0 Å². The Kier molecular flexibility index (Phi) is 3.71. The number of hydrogen-bond donors (Lipinski definition) is 0. The van der Waals surface area contributed by atoms with Crippen molar-refractivity contribution in [2.75, 3.05) is 6.54 Å². The van der Waals surface area contributed by atoms with Crippen LogP contribution in [0.5, 0.6) is 0 Å². The molecule has 0 bridgehead atoms. The molecule has 1 amide bonds. The number of amides is 1. The molecular formula is C12H17BF3N3O2. The Hall–Kier alpha value is -1.67. The molecule has 2 rings (SSSR count). The average Bonchev–Trinajstić information content (AvgIpc) is 2.64. The van der Waals surface area contributed by atoms with Crippen molar-refractivity contribution in [1.29, 1.82) is 0 Å². The van der Waals surface area contributed by atoms with Crippen molar-refractivity contribution in [3.05, 3.63) is 11.5 Å². The fourth-order valence-electron chi connectivity index (χ4n) is 2.23. The monoisotopic (exact) mass is 303 g/mol. The molecule has 0 aliphatic carbocycles. The number of carbonyl (C=O) groups is 1. The first-order chi connectivity index (χ1) is 9.49. The number of imidazole rings is 1. The van der Waals surface area contributed by atoms with Crippen molar-refractivity contribution in [1.82, 2.24) is 14.5 Å². The molecule has 1 aromatic heterocycles. The summed E-state index contributed by atoms with van der Waals surface area (Å²) in [4.78, 5) is 17.0. The minimum atomic E-state index is -4.48. The first-order valence-corrected chi connectivity index (χ1v) is 6.60. The molecule has 0 fully saturated rings. The van der Waals surface area contributed by atoms with Gasteiger partial charge in [-0.2, -0.15) is 13.2 Å². The zero-order valence-electron chi connectivity index (χ0n) is 12.4. The molecule has 0 radical (unpaired) electrons.